The summed E-state index contributed by atoms with van der Waals surface area (Å²) in [7, 11) is 0. The van der Waals surface area contributed by atoms with Crippen molar-refractivity contribution in [3.05, 3.63) is 59.2 Å². The summed E-state index contributed by atoms with van der Waals surface area (Å²) in [6.07, 6.45) is 0. The van der Waals surface area contributed by atoms with E-state index >= 15 is 0 Å². The van der Waals surface area contributed by atoms with Gasteiger partial charge in [-0.15, -0.1) is 0 Å². The van der Waals surface area contributed by atoms with Gasteiger partial charge in [-0.05, 0) is 61.4 Å². The highest BCUT2D eigenvalue weighted by molar-refractivity contribution is 5.99. The smallest absolute Gasteiger partial charge is 0.251 e. The Balaban J connectivity index is 1.88. The first-order chi connectivity index (χ1) is 10.5. The number of aryl methyl sites for hydroxylation is 2. The second kappa shape index (κ2) is 6.76. The van der Waals surface area contributed by atoms with Crippen LogP contribution in [0.5, 0.6) is 0 Å². The summed E-state index contributed by atoms with van der Waals surface area (Å²) in [5.74, 6) is -0.581. The van der Waals surface area contributed by atoms with Crippen LogP contribution in [0.3, 0.4) is 0 Å². The molecule has 114 valence electrons. The van der Waals surface area contributed by atoms with Gasteiger partial charge in [0.25, 0.3) is 5.91 Å². The number of anilines is 2. The fraction of sp³-hybridized carbons (Fsp3) is 0.176. The number of nitrogen functional groups attached to an aromatic ring is 1. The Hall–Kier alpha value is -2.82. The van der Waals surface area contributed by atoms with Gasteiger partial charge < -0.3 is 16.4 Å². The van der Waals surface area contributed by atoms with Crippen molar-refractivity contribution >= 4 is 23.2 Å². The first-order valence-electron chi connectivity index (χ1n) is 6.96. The molecular weight excluding hydrogens is 278 g/mol. The number of hydrogen-bond acceptors (Lipinski definition) is 3. The highest BCUT2D eigenvalue weighted by Crippen LogP contribution is 2.13. The number of carbonyl (C=O) groups excluding carboxylic acids is 2. The third-order valence-corrected chi connectivity index (χ3v) is 3.37. The maximum absolute atomic E-state index is 11.9. The van der Waals surface area contributed by atoms with E-state index in [1.807, 2.05) is 32.0 Å². The molecule has 0 saturated carbocycles. The molecule has 0 bridgehead atoms. The van der Waals surface area contributed by atoms with Gasteiger partial charge in [-0.2, -0.15) is 0 Å². The second-order valence-corrected chi connectivity index (χ2v) is 5.15. The molecule has 0 fully saturated rings. The van der Waals surface area contributed by atoms with Gasteiger partial charge >= 0.3 is 0 Å². The van der Waals surface area contributed by atoms with Crippen molar-refractivity contribution in [2.75, 3.05) is 17.6 Å². The van der Waals surface area contributed by atoms with E-state index < -0.39 is 0 Å². The average Bonchev–Trinajstić information content (AvgIpc) is 2.49. The molecule has 0 aliphatic rings. The number of benzene rings is 2. The zero-order valence-corrected chi connectivity index (χ0v) is 12.6. The van der Waals surface area contributed by atoms with Gasteiger partial charge in [0, 0.05) is 16.9 Å². The third-order valence-electron chi connectivity index (χ3n) is 3.37. The molecule has 0 atom stereocenters. The second-order valence-electron chi connectivity index (χ2n) is 5.15. The number of rotatable bonds is 4. The van der Waals surface area contributed by atoms with Gasteiger partial charge in [-0.1, -0.05) is 6.07 Å². The molecule has 2 aromatic rings. The van der Waals surface area contributed by atoms with Crippen molar-refractivity contribution in [1.29, 1.82) is 0 Å². The van der Waals surface area contributed by atoms with E-state index in [1.165, 1.54) is 0 Å². The Morgan fingerprint density at radius 2 is 1.68 bits per heavy atom. The molecule has 4 N–H and O–H groups in total. The zero-order chi connectivity index (χ0) is 16.1. The molecule has 2 amide bonds. The van der Waals surface area contributed by atoms with Gasteiger partial charge in [-0.3, -0.25) is 9.59 Å². The van der Waals surface area contributed by atoms with Crippen LogP contribution in [0.25, 0.3) is 0 Å². The fourth-order valence-electron chi connectivity index (χ4n) is 1.92. The Bertz CT molecular complexity index is 694. The minimum absolute atomic E-state index is 0.0872. The van der Waals surface area contributed by atoms with E-state index in [-0.39, 0.29) is 18.4 Å². The molecular formula is C17H19N3O2. The maximum Gasteiger partial charge on any atom is 0.251 e. The summed E-state index contributed by atoms with van der Waals surface area (Å²) in [4.78, 5) is 23.7. The summed E-state index contributed by atoms with van der Waals surface area (Å²) in [5.41, 5.74) is 9.59. The van der Waals surface area contributed by atoms with Crippen LogP contribution < -0.4 is 16.4 Å². The molecule has 2 aromatic carbocycles. The standard InChI is InChI=1S/C17H19N3O2/c1-11-3-8-15(9-12(11)2)20-16(21)10-19-17(22)13-4-6-14(18)7-5-13/h3-9H,10,18H2,1-2H3,(H,19,22)(H,20,21). The lowest BCUT2D eigenvalue weighted by Crippen LogP contribution is -2.32. The number of hydrogen-bond donors (Lipinski definition) is 3. The topological polar surface area (TPSA) is 84.2 Å². The molecule has 0 unspecified atom stereocenters. The van der Waals surface area contributed by atoms with Crippen LogP contribution in [-0.4, -0.2) is 18.4 Å². The van der Waals surface area contributed by atoms with Gasteiger partial charge in [0.1, 0.15) is 0 Å². The lowest BCUT2D eigenvalue weighted by Gasteiger charge is -2.09. The molecule has 0 heterocycles. The molecule has 2 rings (SSSR count). The SMILES string of the molecule is Cc1ccc(NC(=O)CNC(=O)c2ccc(N)cc2)cc1C. The normalized spacial score (nSPS) is 10.1. The highest BCUT2D eigenvalue weighted by Gasteiger charge is 2.08. The predicted molar refractivity (Wildman–Crippen MR) is 87.7 cm³/mol. The Labute approximate surface area is 129 Å². The Kier molecular flexibility index (Phi) is 4.78. The number of amides is 2. The van der Waals surface area contributed by atoms with Crippen LogP contribution in [0.1, 0.15) is 21.5 Å². The Morgan fingerprint density at radius 3 is 2.32 bits per heavy atom. The number of nitrogens with one attached hydrogen (secondary N) is 2. The van der Waals surface area contributed by atoms with Gasteiger partial charge in [-0.25, -0.2) is 0 Å². The van der Waals surface area contributed by atoms with Crippen LogP contribution in [0, 0.1) is 13.8 Å². The largest absolute Gasteiger partial charge is 0.399 e. The van der Waals surface area contributed by atoms with E-state index in [2.05, 4.69) is 10.6 Å². The van der Waals surface area contributed by atoms with Crippen LogP contribution in [0.15, 0.2) is 42.5 Å². The van der Waals surface area contributed by atoms with Gasteiger partial charge in [0.2, 0.25) is 5.91 Å². The molecule has 5 nitrogen and oxygen atoms in total. The zero-order valence-electron chi connectivity index (χ0n) is 12.6. The molecule has 0 aliphatic carbocycles. The van der Waals surface area contributed by atoms with E-state index in [0.29, 0.717) is 11.3 Å². The molecule has 22 heavy (non-hydrogen) atoms. The molecule has 0 spiro atoms. The summed E-state index contributed by atoms with van der Waals surface area (Å²) < 4.78 is 0. The summed E-state index contributed by atoms with van der Waals surface area (Å²) in [6.45, 7) is 3.90. The lowest BCUT2D eigenvalue weighted by atomic mass is 10.1. The monoisotopic (exact) mass is 297 g/mol. The summed E-state index contributed by atoms with van der Waals surface area (Å²) in [5, 5.41) is 5.32. The number of nitrogens with two attached hydrogens (primary N) is 1. The van der Waals surface area contributed by atoms with E-state index in [4.69, 9.17) is 5.73 Å². The molecule has 0 aliphatic heterocycles. The van der Waals surface area contributed by atoms with E-state index in [1.54, 1.807) is 24.3 Å². The Morgan fingerprint density at radius 1 is 1.00 bits per heavy atom. The maximum atomic E-state index is 11.9. The van der Waals surface area contributed by atoms with Crippen molar-refractivity contribution in [1.82, 2.24) is 5.32 Å². The molecule has 0 saturated heterocycles. The van der Waals surface area contributed by atoms with Crippen molar-refractivity contribution in [3.63, 3.8) is 0 Å². The van der Waals surface area contributed by atoms with Crippen LogP contribution in [-0.2, 0) is 4.79 Å². The first kappa shape index (κ1) is 15.6. The predicted octanol–water partition coefficient (Wildman–Crippen LogP) is 2.25. The van der Waals surface area contributed by atoms with Crippen molar-refractivity contribution in [3.8, 4) is 0 Å². The quantitative estimate of drug-likeness (QED) is 0.757. The van der Waals surface area contributed by atoms with Crippen molar-refractivity contribution < 1.29 is 9.59 Å². The van der Waals surface area contributed by atoms with Crippen LogP contribution >= 0.6 is 0 Å². The van der Waals surface area contributed by atoms with E-state index in [0.717, 1.165) is 16.8 Å². The lowest BCUT2D eigenvalue weighted by molar-refractivity contribution is -0.115. The fourth-order valence-corrected chi connectivity index (χ4v) is 1.92. The van der Waals surface area contributed by atoms with Crippen molar-refractivity contribution in [2.24, 2.45) is 0 Å². The minimum atomic E-state index is -0.310. The van der Waals surface area contributed by atoms with Crippen molar-refractivity contribution in [2.45, 2.75) is 13.8 Å². The minimum Gasteiger partial charge on any atom is -0.399 e. The van der Waals surface area contributed by atoms with E-state index in [9.17, 15) is 9.59 Å². The first-order valence-corrected chi connectivity index (χ1v) is 6.96. The molecule has 0 aromatic heterocycles. The highest BCUT2D eigenvalue weighted by atomic mass is 16.2. The summed E-state index contributed by atoms with van der Waals surface area (Å²) >= 11 is 0. The summed E-state index contributed by atoms with van der Waals surface area (Å²) in [6, 6.07) is 12.2. The van der Waals surface area contributed by atoms with Gasteiger partial charge in [0.15, 0.2) is 0 Å². The van der Waals surface area contributed by atoms with Crippen LogP contribution in [0.4, 0.5) is 11.4 Å². The average molecular weight is 297 g/mol. The molecule has 0 radical (unpaired) electrons. The number of carbonyl (C=O) groups is 2. The van der Waals surface area contributed by atoms with Gasteiger partial charge in [0.05, 0.1) is 6.54 Å². The van der Waals surface area contributed by atoms with Crippen LogP contribution in [0.2, 0.25) is 0 Å². The third kappa shape index (κ3) is 4.09. The molecule has 5 heteroatoms.